The molecule has 0 spiro atoms. The van der Waals surface area contributed by atoms with Gasteiger partial charge in [0.1, 0.15) is 4.88 Å². The third-order valence-corrected chi connectivity index (χ3v) is 3.22. The van der Waals surface area contributed by atoms with E-state index in [9.17, 15) is 18.4 Å². The third-order valence-electron chi connectivity index (χ3n) is 2.24. The Bertz CT molecular complexity index is 654. The van der Waals surface area contributed by atoms with E-state index in [2.05, 4.69) is 5.32 Å². The maximum Gasteiger partial charge on any atom is 0.345 e. The van der Waals surface area contributed by atoms with E-state index in [0.29, 0.717) is 5.00 Å². The topological polar surface area (TPSA) is 66.4 Å². The predicted octanol–water partition coefficient (Wildman–Crippen LogP) is 2.98. The van der Waals surface area contributed by atoms with Crippen LogP contribution in [0, 0.1) is 11.6 Å². The minimum atomic E-state index is -1.12. The second-order valence-corrected chi connectivity index (χ2v) is 4.64. The lowest BCUT2D eigenvalue weighted by Gasteiger charge is -2.02. The second kappa shape index (κ2) is 5.15. The molecule has 0 unspecified atom stereocenters. The van der Waals surface area contributed by atoms with Gasteiger partial charge in [0.2, 0.25) is 0 Å². The van der Waals surface area contributed by atoms with Gasteiger partial charge in [-0.25, -0.2) is 13.6 Å². The van der Waals surface area contributed by atoms with Gasteiger partial charge >= 0.3 is 5.97 Å². The molecule has 1 heterocycles. The van der Waals surface area contributed by atoms with Crippen molar-refractivity contribution in [2.24, 2.45) is 0 Å². The fourth-order valence-electron chi connectivity index (χ4n) is 1.34. The quantitative estimate of drug-likeness (QED) is 0.910. The van der Waals surface area contributed by atoms with E-state index in [-0.39, 0.29) is 10.4 Å². The first-order valence-electron chi connectivity index (χ1n) is 5.07. The Labute approximate surface area is 110 Å². The molecule has 0 saturated heterocycles. The number of carbonyl (C=O) groups excluding carboxylic acids is 1. The Balaban J connectivity index is 2.15. The number of anilines is 1. The van der Waals surface area contributed by atoms with Gasteiger partial charge < -0.3 is 10.4 Å². The summed E-state index contributed by atoms with van der Waals surface area (Å²) in [5.41, 5.74) is -0.0517. The minimum Gasteiger partial charge on any atom is -0.477 e. The first-order valence-corrected chi connectivity index (χ1v) is 5.88. The first-order chi connectivity index (χ1) is 8.97. The molecule has 0 aliphatic heterocycles. The lowest BCUT2D eigenvalue weighted by atomic mass is 10.2. The van der Waals surface area contributed by atoms with Crippen molar-refractivity contribution in [3.05, 3.63) is 52.4 Å². The molecule has 0 radical (unpaired) electrons. The summed E-state index contributed by atoms with van der Waals surface area (Å²) in [4.78, 5) is 22.4. The zero-order valence-electron chi connectivity index (χ0n) is 9.31. The van der Waals surface area contributed by atoms with Crippen molar-refractivity contribution in [1.82, 2.24) is 0 Å². The molecule has 1 amide bonds. The highest BCUT2D eigenvalue weighted by Gasteiger charge is 2.12. The van der Waals surface area contributed by atoms with Crippen LogP contribution in [0.15, 0.2) is 30.3 Å². The lowest BCUT2D eigenvalue weighted by Crippen LogP contribution is -2.11. The fourth-order valence-corrected chi connectivity index (χ4v) is 2.08. The van der Waals surface area contributed by atoms with Crippen LogP contribution in [-0.2, 0) is 0 Å². The molecule has 19 heavy (non-hydrogen) atoms. The summed E-state index contributed by atoms with van der Waals surface area (Å²) in [7, 11) is 0. The number of carboxylic acids is 1. The highest BCUT2D eigenvalue weighted by Crippen LogP contribution is 2.22. The lowest BCUT2D eigenvalue weighted by molar-refractivity contribution is 0.0702. The zero-order chi connectivity index (χ0) is 14.0. The van der Waals surface area contributed by atoms with Crippen LogP contribution in [0.2, 0.25) is 0 Å². The molecular weight excluding hydrogens is 276 g/mol. The molecule has 2 N–H and O–H groups in total. The molecule has 2 rings (SSSR count). The van der Waals surface area contributed by atoms with Gasteiger partial charge in [-0.3, -0.25) is 4.79 Å². The number of hydrogen-bond donors (Lipinski definition) is 2. The molecule has 0 saturated carbocycles. The maximum absolute atomic E-state index is 13.0. The number of thiophene rings is 1. The number of hydrogen-bond acceptors (Lipinski definition) is 3. The summed E-state index contributed by atoms with van der Waals surface area (Å²) >= 11 is 0.872. The van der Waals surface area contributed by atoms with Crippen LogP contribution in [0.3, 0.4) is 0 Å². The van der Waals surface area contributed by atoms with Crippen molar-refractivity contribution in [3.63, 3.8) is 0 Å². The van der Waals surface area contributed by atoms with Crippen molar-refractivity contribution in [1.29, 1.82) is 0 Å². The summed E-state index contributed by atoms with van der Waals surface area (Å²) in [5, 5.41) is 11.4. The molecule has 98 valence electrons. The van der Waals surface area contributed by atoms with Crippen LogP contribution < -0.4 is 5.32 Å². The summed E-state index contributed by atoms with van der Waals surface area (Å²) in [6.07, 6.45) is 0. The molecule has 2 aromatic rings. The van der Waals surface area contributed by atoms with Gasteiger partial charge in [-0.2, -0.15) is 0 Å². The number of carbonyl (C=O) groups is 2. The zero-order valence-corrected chi connectivity index (χ0v) is 10.1. The number of benzene rings is 1. The molecule has 0 bridgehead atoms. The van der Waals surface area contributed by atoms with Gasteiger partial charge in [-0.15, -0.1) is 11.3 Å². The molecule has 1 aromatic carbocycles. The van der Waals surface area contributed by atoms with Crippen LogP contribution in [0.25, 0.3) is 0 Å². The second-order valence-electron chi connectivity index (χ2n) is 3.55. The van der Waals surface area contributed by atoms with Gasteiger partial charge in [0.25, 0.3) is 5.91 Å². The van der Waals surface area contributed by atoms with Crippen LogP contribution in [0.4, 0.5) is 13.8 Å². The van der Waals surface area contributed by atoms with Crippen molar-refractivity contribution in [2.45, 2.75) is 0 Å². The number of nitrogens with one attached hydrogen (secondary N) is 1. The molecule has 0 aliphatic rings. The highest BCUT2D eigenvalue weighted by atomic mass is 32.1. The summed E-state index contributed by atoms with van der Waals surface area (Å²) < 4.78 is 25.7. The molecule has 0 atom stereocenters. The molecule has 4 nitrogen and oxygen atoms in total. The van der Waals surface area contributed by atoms with E-state index in [1.165, 1.54) is 12.1 Å². The van der Waals surface area contributed by atoms with Gasteiger partial charge in [0.15, 0.2) is 11.6 Å². The number of amides is 1. The largest absolute Gasteiger partial charge is 0.477 e. The molecule has 0 fully saturated rings. The first kappa shape index (κ1) is 13.2. The Morgan fingerprint density at radius 1 is 1.11 bits per heavy atom. The highest BCUT2D eigenvalue weighted by molar-refractivity contribution is 7.18. The van der Waals surface area contributed by atoms with E-state index in [1.807, 2.05) is 0 Å². The van der Waals surface area contributed by atoms with Crippen molar-refractivity contribution < 1.29 is 23.5 Å². The predicted molar refractivity (Wildman–Crippen MR) is 65.6 cm³/mol. The molecule has 7 heteroatoms. The van der Waals surface area contributed by atoms with E-state index in [0.717, 1.165) is 29.5 Å². The van der Waals surface area contributed by atoms with E-state index in [1.54, 1.807) is 0 Å². The third kappa shape index (κ3) is 2.94. The number of aromatic carboxylic acids is 1. The van der Waals surface area contributed by atoms with Gasteiger partial charge in [0, 0.05) is 5.56 Å². The fraction of sp³-hybridized carbons (Fsp3) is 0. The standard InChI is InChI=1S/C12H7F2NO3S/c13-7-2-1-6(5-8(7)14)11(16)15-10-4-3-9(19-10)12(17)18/h1-5H,(H,15,16)(H,17,18). The normalized spacial score (nSPS) is 10.2. The summed E-state index contributed by atoms with van der Waals surface area (Å²) in [6, 6.07) is 5.52. The van der Waals surface area contributed by atoms with Crippen LogP contribution in [-0.4, -0.2) is 17.0 Å². The molecule has 0 aliphatic carbocycles. The summed E-state index contributed by atoms with van der Waals surface area (Å²) in [5.74, 6) is -3.90. The van der Waals surface area contributed by atoms with Crippen LogP contribution in [0.5, 0.6) is 0 Å². The average Bonchev–Trinajstić information content (AvgIpc) is 2.81. The van der Waals surface area contributed by atoms with Gasteiger partial charge in [-0.1, -0.05) is 0 Å². The van der Waals surface area contributed by atoms with Crippen molar-refractivity contribution >= 4 is 28.2 Å². The minimum absolute atomic E-state index is 0.0517. The Hall–Kier alpha value is -2.28. The smallest absolute Gasteiger partial charge is 0.345 e. The SMILES string of the molecule is O=C(Nc1ccc(C(=O)O)s1)c1ccc(F)c(F)c1. The monoisotopic (exact) mass is 283 g/mol. The number of rotatable bonds is 3. The van der Waals surface area contributed by atoms with Crippen molar-refractivity contribution in [3.8, 4) is 0 Å². The molecule has 1 aromatic heterocycles. The summed E-state index contributed by atoms with van der Waals surface area (Å²) in [6.45, 7) is 0. The average molecular weight is 283 g/mol. The number of carboxylic acid groups (broad SMARTS) is 1. The van der Waals surface area contributed by atoms with Gasteiger partial charge in [0.05, 0.1) is 5.00 Å². The Morgan fingerprint density at radius 2 is 1.84 bits per heavy atom. The Kier molecular flexibility index (Phi) is 3.57. The van der Waals surface area contributed by atoms with Crippen LogP contribution >= 0.6 is 11.3 Å². The van der Waals surface area contributed by atoms with Crippen LogP contribution in [0.1, 0.15) is 20.0 Å². The van der Waals surface area contributed by atoms with E-state index < -0.39 is 23.5 Å². The van der Waals surface area contributed by atoms with Gasteiger partial charge in [-0.05, 0) is 30.3 Å². The number of halogens is 2. The van der Waals surface area contributed by atoms with E-state index >= 15 is 0 Å². The maximum atomic E-state index is 13.0. The molecular formula is C12H7F2NO3S. The van der Waals surface area contributed by atoms with E-state index in [4.69, 9.17) is 5.11 Å². The van der Waals surface area contributed by atoms with Crippen molar-refractivity contribution in [2.75, 3.05) is 5.32 Å². The Morgan fingerprint density at radius 3 is 2.42 bits per heavy atom.